The fourth-order valence-electron chi connectivity index (χ4n) is 5.02. The SMILES string of the molecule is CC(C)(C)c1[c-]c2c(cc1)-c1ccc(C(C)(C)C)cc1C2.CC1=C(C)C[C-]=C1.[CH3-].[CH3-].[Zr]=[C](c1ccccc1)c1ccccc1. The third kappa shape index (κ3) is 9.55. The van der Waals surface area contributed by atoms with Crippen LogP contribution in [0, 0.1) is 27.0 Å². The van der Waals surface area contributed by atoms with Gasteiger partial charge in [-0.25, -0.2) is 11.6 Å². The van der Waals surface area contributed by atoms with Crippen LogP contribution in [0.1, 0.15) is 95.2 Å². The van der Waals surface area contributed by atoms with Gasteiger partial charge in [-0.1, -0.05) is 72.2 Å². The molecule has 2 aliphatic carbocycles. The van der Waals surface area contributed by atoms with Crippen molar-refractivity contribution in [1.82, 2.24) is 0 Å². The molecule has 0 heterocycles. The molecule has 0 saturated carbocycles. The molecule has 0 spiro atoms. The molecule has 4 aromatic rings. The zero-order valence-corrected chi connectivity index (χ0v) is 31.1. The summed E-state index contributed by atoms with van der Waals surface area (Å²) >= 11 is 1.46. The quantitative estimate of drug-likeness (QED) is 0.166. The van der Waals surface area contributed by atoms with Crippen molar-refractivity contribution in [2.45, 2.75) is 79.1 Å². The van der Waals surface area contributed by atoms with Gasteiger partial charge in [-0.05, 0) is 28.4 Å². The van der Waals surface area contributed by atoms with Crippen molar-refractivity contribution >= 4 is 3.21 Å². The molecule has 0 saturated heterocycles. The number of rotatable bonds is 2. The van der Waals surface area contributed by atoms with Crippen molar-refractivity contribution in [2.24, 2.45) is 0 Å². The van der Waals surface area contributed by atoms with E-state index in [1.165, 1.54) is 83.1 Å². The minimum absolute atomic E-state index is 0. The molecular weight excluding hydrogens is 608 g/mol. The molecule has 230 valence electrons. The van der Waals surface area contributed by atoms with Crippen LogP contribution < -0.4 is 0 Å². The predicted molar refractivity (Wildman–Crippen MR) is 191 cm³/mol. The Hall–Kier alpha value is -2.89. The van der Waals surface area contributed by atoms with E-state index in [4.69, 9.17) is 0 Å². The number of hydrogen-bond donors (Lipinski definition) is 0. The fourth-order valence-corrected chi connectivity index (χ4v) is 5.84. The first kappa shape index (κ1) is 37.3. The Morgan fingerprint density at radius 1 is 0.682 bits per heavy atom. The second kappa shape index (κ2) is 15.9. The molecule has 44 heavy (non-hydrogen) atoms. The van der Waals surface area contributed by atoms with Crippen LogP contribution in [0.5, 0.6) is 0 Å². The van der Waals surface area contributed by atoms with Gasteiger partial charge in [0.1, 0.15) is 0 Å². The Kier molecular flexibility index (Phi) is 13.5. The van der Waals surface area contributed by atoms with Crippen LogP contribution in [0.4, 0.5) is 0 Å². The van der Waals surface area contributed by atoms with Gasteiger partial charge < -0.3 is 14.9 Å². The van der Waals surface area contributed by atoms with Crippen molar-refractivity contribution in [2.75, 3.05) is 0 Å². The molecule has 2 aliphatic rings. The van der Waals surface area contributed by atoms with Crippen LogP contribution >= 0.6 is 0 Å². The third-order valence-corrected chi connectivity index (χ3v) is 9.37. The molecule has 6 rings (SSSR count). The van der Waals surface area contributed by atoms with Crippen LogP contribution in [0.3, 0.4) is 0 Å². The Bertz CT molecular complexity index is 1480. The Morgan fingerprint density at radius 2 is 1.23 bits per heavy atom. The van der Waals surface area contributed by atoms with E-state index in [1.807, 2.05) is 0 Å². The van der Waals surface area contributed by atoms with E-state index < -0.39 is 0 Å². The van der Waals surface area contributed by atoms with Gasteiger partial charge in [-0.15, -0.1) is 24.5 Å². The molecule has 1 heteroatoms. The molecule has 4 aromatic carbocycles. The monoisotopic (exact) mass is 656 g/mol. The standard InChI is InChI=1S/C21H25.C13H10.C7H9.2CH3.Zr/c1-20(2,3)16-7-9-18-14(12-16)11-15-13-17(21(4,5)6)8-10-19(15)18;1-3-7-12(8-4-1)11-13-9-5-2-6-10-13;1-6-4-3-5-7(6)2;;;/h7-10,12H,11H2,1-6H3;1-10H;4H,5H2,1-2H3;2*1H3;/q-1;;3*-1;. The first-order valence-electron chi connectivity index (χ1n) is 15.0. The number of hydrogen-bond acceptors (Lipinski definition) is 0. The van der Waals surface area contributed by atoms with Gasteiger partial charge >= 0.3 is 99.2 Å². The van der Waals surface area contributed by atoms with Gasteiger partial charge in [0, 0.05) is 0 Å². The summed E-state index contributed by atoms with van der Waals surface area (Å²) < 4.78 is 1.42. The molecule has 0 radical (unpaired) electrons. The summed E-state index contributed by atoms with van der Waals surface area (Å²) in [5.74, 6) is 0. The molecule has 0 nitrogen and oxygen atoms in total. The summed E-state index contributed by atoms with van der Waals surface area (Å²) in [4.78, 5) is 0. The summed E-state index contributed by atoms with van der Waals surface area (Å²) in [6, 6.07) is 36.3. The van der Waals surface area contributed by atoms with Crippen LogP contribution in [-0.2, 0) is 41.5 Å². The van der Waals surface area contributed by atoms with Crippen LogP contribution in [0.2, 0.25) is 0 Å². The normalized spacial score (nSPS) is 12.8. The van der Waals surface area contributed by atoms with Crippen LogP contribution in [0.15, 0.2) is 108 Å². The number of benzene rings is 4. The molecule has 0 unspecified atom stereocenters. The van der Waals surface area contributed by atoms with E-state index in [-0.39, 0.29) is 25.7 Å². The van der Waals surface area contributed by atoms with Crippen molar-refractivity contribution in [3.05, 3.63) is 169 Å². The molecule has 0 bridgehead atoms. The van der Waals surface area contributed by atoms with Crippen LogP contribution in [-0.4, -0.2) is 3.21 Å². The molecule has 0 N–H and O–H groups in total. The average Bonchev–Trinajstić information content (AvgIpc) is 3.54. The van der Waals surface area contributed by atoms with Crippen LogP contribution in [0.25, 0.3) is 11.1 Å². The van der Waals surface area contributed by atoms with Crippen molar-refractivity contribution in [3.8, 4) is 11.1 Å². The molecular formula is C43H50Zr-4. The summed E-state index contributed by atoms with van der Waals surface area (Å²) in [7, 11) is 0. The zero-order chi connectivity index (χ0) is 30.5. The summed E-state index contributed by atoms with van der Waals surface area (Å²) in [5.41, 5.74) is 14.2. The van der Waals surface area contributed by atoms with E-state index in [2.05, 4.69) is 165 Å². The summed E-state index contributed by atoms with van der Waals surface area (Å²) in [6.07, 6.45) is 7.25. The number of fused-ring (bicyclic) bond motifs is 3. The summed E-state index contributed by atoms with van der Waals surface area (Å²) in [6.45, 7) is 17.9. The molecule has 0 fully saturated rings. The van der Waals surface area contributed by atoms with Gasteiger partial charge in [0.15, 0.2) is 0 Å². The van der Waals surface area contributed by atoms with Crippen molar-refractivity contribution in [1.29, 1.82) is 0 Å². The van der Waals surface area contributed by atoms with E-state index in [1.54, 1.807) is 0 Å². The fraction of sp³-hybridized carbons (Fsp3) is 0.279. The van der Waals surface area contributed by atoms with Gasteiger partial charge in [0.2, 0.25) is 0 Å². The maximum atomic E-state index is 3.67. The first-order chi connectivity index (χ1) is 19.8. The van der Waals surface area contributed by atoms with Gasteiger partial charge in [-0.2, -0.15) is 29.3 Å². The Morgan fingerprint density at radius 3 is 1.66 bits per heavy atom. The maximum absolute atomic E-state index is 3.67. The van der Waals surface area contributed by atoms with Gasteiger partial charge in [-0.3, -0.25) is 6.08 Å². The van der Waals surface area contributed by atoms with Crippen molar-refractivity contribution < 1.29 is 24.2 Å². The second-order valence-electron chi connectivity index (χ2n) is 13.4. The minimum atomic E-state index is 0. The Balaban J connectivity index is 0.000000253. The number of allylic oxidation sites excluding steroid dienone is 4. The predicted octanol–water partition coefficient (Wildman–Crippen LogP) is 11.4. The van der Waals surface area contributed by atoms with Gasteiger partial charge in [0.25, 0.3) is 0 Å². The molecule has 0 amide bonds. The third-order valence-electron chi connectivity index (χ3n) is 7.95. The second-order valence-corrected chi connectivity index (χ2v) is 14.6. The van der Waals surface area contributed by atoms with Gasteiger partial charge in [0.05, 0.1) is 0 Å². The van der Waals surface area contributed by atoms with E-state index in [0.717, 1.165) is 12.8 Å². The van der Waals surface area contributed by atoms with E-state index >= 15 is 0 Å². The topological polar surface area (TPSA) is 0 Å². The molecule has 0 aliphatic heterocycles. The summed E-state index contributed by atoms with van der Waals surface area (Å²) in [5, 5.41) is 0. The molecule has 0 atom stereocenters. The average molecular weight is 658 g/mol. The zero-order valence-electron chi connectivity index (χ0n) is 28.7. The molecule has 0 aromatic heterocycles. The first-order valence-corrected chi connectivity index (χ1v) is 16.2. The van der Waals surface area contributed by atoms with E-state index in [9.17, 15) is 0 Å². The Labute approximate surface area is 284 Å². The van der Waals surface area contributed by atoms with Crippen molar-refractivity contribution in [3.63, 3.8) is 0 Å². The van der Waals surface area contributed by atoms with E-state index in [0.29, 0.717) is 0 Å².